The lowest BCUT2D eigenvalue weighted by atomic mass is 9.86. The van der Waals surface area contributed by atoms with E-state index in [1.54, 1.807) is 0 Å². The first-order valence-electron chi connectivity index (χ1n) is 6.38. The van der Waals surface area contributed by atoms with Gasteiger partial charge in [-0.1, -0.05) is 56.0 Å². The van der Waals surface area contributed by atoms with E-state index < -0.39 is 0 Å². The number of alkyl halides is 1. The molecule has 1 nitrogen and oxygen atoms in total. The summed E-state index contributed by atoms with van der Waals surface area (Å²) in [4.78, 5) is 0. The van der Waals surface area contributed by atoms with Crippen LogP contribution in [0.2, 0.25) is 0 Å². The Morgan fingerprint density at radius 2 is 1.67 bits per heavy atom. The second-order valence-corrected chi connectivity index (χ2v) is 5.01. The normalized spacial score (nSPS) is 12.0. The lowest BCUT2D eigenvalue weighted by Crippen LogP contribution is -2.27. The maximum absolute atomic E-state index is 5.79. The molecular weight excluding hydrogens is 252 g/mol. The maximum Gasteiger partial charge on any atom is 0.0530 e. The summed E-state index contributed by atoms with van der Waals surface area (Å²) >= 11 is 3.61. The quantitative estimate of drug-likeness (QED) is 0.413. The summed E-state index contributed by atoms with van der Waals surface area (Å²) in [6.45, 7) is 8.60. The summed E-state index contributed by atoms with van der Waals surface area (Å²) in [5.41, 5.74) is 0.366. The predicted molar refractivity (Wildman–Crippen MR) is 71.8 cm³/mol. The van der Waals surface area contributed by atoms with Gasteiger partial charge < -0.3 is 4.74 Å². The Labute approximate surface area is 104 Å². The zero-order valence-electron chi connectivity index (χ0n) is 10.7. The zero-order valence-corrected chi connectivity index (χ0v) is 12.2. The van der Waals surface area contributed by atoms with Crippen LogP contribution < -0.4 is 0 Å². The van der Waals surface area contributed by atoms with Gasteiger partial charge in [0, 0.05) is 17.4 Å². The molecule has 0 spiro atoms. The molecule has 0 radical (unpaired) electrons. The van der Waals surface area contributed by atoms with Crippen LogP contribution in [0.1, 0.15) is 59.3 Å². The first kappa shape index (κ1) is 15.4. The number of rotatable bonds is 10. The SMILES string of the molecule is CCCCCCOCC(CC)(CC)CBr. The van der Waals surface area contributed by atoms with Gasteiger partial charge in [0.25, 0.3) is 0 Å². The minimum Gasteiger partial charge on any atom is -0.381 e. The Kier molecular flexibility index (Phi) is 9.93. The number of ether oxygens (including phenoxy) is 1. The highest BCUT2D eigenvalue weighted by Gasteiger charge is 2.24. The molecule has 0 fully saturated rings. The highest BCUT2D eigenvalue weighted by molar-refractivity contribution is 9.09. The van der Waals surface area contributed by atoms with E-state index in [2.05, 4.69) is 36.7 Å². The van der Waals surface area contributed by atoms with Crippen molar-refractivity contribution in [3.63, 3.8) is 0 Å². The van der Waals surface area contributed by atoms with E-state index >= 15 is 0 Å². The van der Waals surface area contributed by atoms with E-state index in [4.69, 9.17) is 4.74 Å². The summed E-state index contributed by atoms with van der Waals surface area (Å²) in [7, 11) is 0. The number of unbranched alkanes of at least 4 members (excludes halogenated alkanes) is 3. The molecule has 0 aliphatic carbocycles. The standard InChI is InChI=1S/C13H27BrO/c1-4-7-8-9-10-15-12-13(5-2,6-3)11-14/h4-12H2,1-3H3. The van der Waals surface area contributed by atoms with E-state index in [1.807, 2.05) is 0 Å². The van der Waals surface area contributed by atoms with Crippen molar-refractivity contribution in [2.45, 2.75) is 59.3 Å². The Hall–Kier alpha value is 0.440. The molecule has 0 aromatic heterocycles. The molecule has 0 bridgehead atoms. The Bertz CT molecular complexity index is 124. The van der Waals surface area contributed by atoms with Crippen molar-refractivity contribution < 1.29 is 4.74 Å². The smallest absolute Gasteiger partial charge is 0.0530 e. The largest absolute Gasteiger partial charge is 0.381 e. The highest BCUT2D eigenvalue weighted by atomic mass is 79.9. The van der Waals surface area contributed by atoms with Crippen LogP contribution >= 0.6 is 15.9 Å². The zero-order chi connectivity index (χ0) is 11.6. The van der Waals surface area contributed by atoms with Crippen LogP contribution in [0.15, 0.2) is 0 Å². The van der Waals surface area contributed by atoms with E-state index in [0.29, 0.717) is 5.41 Å². The second-order valence-electron chi connectivity index (χ2n) is 4.45. The molecule has 0 saturated heterocycles. The summed E-state index contributed by atoms with van der Waals surface area (Å²) < 4.78 is 5.79. The van der Waals surface area contributed by atoms with Gasteiger partial charge in [0.2, 0.25) is 0 Å². The lowest BCUT2D eigenvalue weighted by molar-refractivity contribution is 0.0495. The van der Waals surface area contributed by atoms with Crippen molar-refractivity contribution in [3.05, 3.63) is 0 Å². The number of hydrogen-bond acceptors (Lipinski definition) is 1. The summed E-state index contributed by atoms with van der Waals surface area (Å²) in [6.07, 6.45) is 7.58. The highest BCUT2D eigenvalue weighted by Crippen LogP contribution is 2.29. The molecule has 0 atom stereocenters. The van der Waals surface area contributed by atoms with Gasteiger partial charge in [-0.15, -0.1) is 0 Å². The molecule has 2 heteroatoms. The summed E-state index contributed by atoms with van der Waals surface area (Å²) in [6, 6.07) is 0. The van der Waals surface area contributed by atoms with Crippen LogP contribution in [-0.4, -0.2) is 18.5 Å². The molecule has 0 aromatic carbocycles. The van der Waals surface area contributed by atoms with Crippen LogP contribution in [-0.2, 0) is 4.74 Å². The third-order valence-electron chi connectivity index (χ3n) is 3.33. The molecule has 0 unspecified atom stereocenters. The Balaban J connectivity index is 3.54. The van der Waals surface area contributed by atoms with E-state index in [1.165, 1.54) is 38.5 Å². The monoisotopic (exact) mass is 278 g/mol. The maximum atomic E-state index is 5.79. The van der Waals surface area contributed by atoms with Crippen LogP contribution in [0.4, 0.5) is 0 Å². The van der Waals surface area contributed by atoms with Crippen molar-refractivity contribution in [2.24, 2.45) is 5.41 Å². The molecule has 0 N–H and O–H groups in total. The molecule has 0 rings (SSSR count). The molecule has 15 heavy (non-hydrogen) atoms. The first-order valence-corrected chi connectivity index (χ1v) is 7.50. The number of halogens is 1. The molecule has 92 valence electrons. The average molecular weight is 279 g/mol. The van der Waals surface area contributed by atoms with Crippen molar-refractivity contribution in [1.82, 2.24) is 0 Å². The van der Waals surface area contributed by atoms with Gasteiger partial charge in [-0.3, -0.25) is 0 Å². The fourth-order valence-electron chi connectivity index (χ4n) is 1.60. The van der Waals surface area contributed by atoms with Crippen LogP contribution in [0, 0.1) is 5.41 Å². The van der Waals surface area contributed by atoms with Gasteiger partial charge in [-0.05, 0) is 19.3 Å². The lowest BCUT2D eigenvalue weighted by Gasteiger charge is -2.29. The van der Waals surface area contributed by atoms with Gasteiger partial charge in [0.15, 0.2) is 0 Å². The van der Waals surface area contributed by atoms with Crippen molar-refractivity contribution in [1.29, 1.82) is 0 Å². The third-order valence-corrected chi connectivity index (χ3v) is 4.52. The molecule has 0 heterocycles. The van der Waals surface area contributed by atoms with Crippen LogP contribution in [0.3, 0.4) is 0 Å². The average Bonchev–Trinajstić information content (AvgIpc) is 2.29. The fourth-order valence-corrected chi connectivity index (χ4v) is 2.56. The molecule has 0 aliphatic heterocycles. The molecule has 0 aromatic rings. The topological polar surface area (TPSA) is 9.23 Å². The molecule has 0 amide bonds. The minimum absolute atomic E-state index is 0.366. The van der Waals surface area contributed by atoms with Gasteiger partial charge in [-0.25, -0.2) is 0 Å². The van der Waals surface area contributed by atoms with Crippen molar-refractivity contribution in [2.75, 3.05) is 18.5 Å². The summed E-state index contributed by atoms with van der Waals surface area (Å²) in [5.74, 6) is 0. The predicted octanol–water partition coefficient (Wildman–Crippen LogP) is 4.78. The van der Waals surface area contributed by atoms with E-state index in [9.17, 15) is 0 Å². The van der Waals surface area contributed by atoms with E-state index in [-0.39, 0.29) is 0 Å². The Morgan fingerprint density at radius 1 is 1.00 bits per heavy atom. The van der Waals surface area contributed by atoms with Gasteiger partial charge in [0.1, 0.15) is 0 Å². The molecule has 0 saturated carbocycles. The second kappa shape index (κ2) is 9.65. The fraction of sp³-hybridized carbons (Fsp3) is 1.00. The molecular formula is C13H27BrO. The molecule has 0 aliphatic rings. The van der Waals surface area contributed by atoms with Crippen molar-refractivity contribution >= 4 is 15.9 Å². The van der Waals surface area contributed by atoms with Crippen LogP contribution in [0.25, 0.3) is 0 Å². The van der Waals surface area contributed by atoms with E-state index in [0.717, 1.165) is 18.5 Å². The van der Waals surface area contributed by atoms with Gasteiger partial charge >= 0.3 is 0 Å². The van der Waals surface area contributed by atoms with Crippen LogP contribution in [0.5, 0.6) is 0 Å². The third kappa shape index (κ3) is 6.57. The number of hydrogen-bond donors (Lipinski definition) is 0. The van der Waals surface area contributed by atoms with Gasteiger partial charge in [-0.2, -0.15) is 0 Å². The van der Waals surface area contributed by atoms with Gasteiger partial charge in [0.05, 0.1) is 6.61 Å². The summed E-state index contributed by atoms with van der Waals surface area (Å²) in [5, 5.41) is 1.06. The first-order chi connectivity index (χ1) is 7.24. The van der Waals surface area contributed by atoms with Crippen molar-refractivity contribution in [3.8, 4) is 0 Å². The minimum atomic E-state index is 0.366. The Morgan fingerprint density at radius 3 is 2.13 bits per heavy atom.